The Morgan fingerprint density at radius 2 is 1.68 bits per heavy atom. The number of hydrogen-bond acceptors (Lipinski definition) is 3. The molecule has 0 fully saturated rings. The lowest BCUT2D eigenvalue weighted by Crippen LogP contribution is -2.35. The van der Waals surface area contributed by atoms with Crippen LogP contribution >= 0.6 is 0 Å². The second-order valence-electron chi connectivity index (χ2n) is 7.01. The molecule has 0 bridgehead atoms. The van der Waals surface area contributed by atoms with E-state index in [0.717, 1.165) is 33.3 Å². The molecule has 0 radical (unpaired) electrons. The van der Waals surface area contributed by atoms with Gasteiger partial charge in [-0.1, -0.05) is 48.5 Å². The molecule has 0 spiro atoms. The van der Waals surface area contributed by atoms with E-state index in [4.69, 9.17) is 5.73 Å². The lowest BCUT2D eigenvalue weighted by Gasteiger charge is -2.23. The number of pyridine rings is 1. The van der Waals surface area contributed by atoms with Crippen LogP contribution in [0.5, 0.6) is 0 Å². The Bertz CT molecular complexity index is 999. The van der Waals surface area contributed by atoms with Gasteiger partial charge in [0, 0.05) is 30.6 Å². The van der Waals surface area contributed by atoms with Crippen molar-refractivity contribution < 1.29 is 9.59 Å². The van der Waals surface area contributed by atoms with Gasteiger partial charge in [-0.2, -0.15) is 0 Å². The summed E-state index contributed by atoms with van der Waals surface area (Å²) >= 11 is 0. The summed E-state index contributed by atoms with van der Waals surface area (Å²) in [4.78, 5) is 30.7. The maximum absolute atomic E-state index is 13.1. The Hall–Kier alpha value is -3.21. The maximum Gasteiger partial charge on any atom is 0.227 e. The van der Waals surface area contributed by atoms with Crippen LogP contribution in [0.3, 0.4) is 0 Å². The highest BCUT2D eigenvalue weighted by molar-refractivity contribution is 5.86. The van der Waals surface area contributed by atoms with Crippen LogP contribution in [0, 0.1) is 13.8 Å². The van der Waals surface area contributed by atoms with Crippen molar-refractivity contribution in [2.75, 3.05) is 6.54 Å². The molecule has 0 aliphatic carbocycles. The second-order valence-corrected chi connectivity index (χ2v) is 7.01. The van der Waals surface area contributed by atoms with E-state index in [1.54, 1.807) is 4.90 Å². The lowest BCUT2D eigenvalue weighted by atomic mass is 9.99. The monoisotopic (exact) mass is 375 g/mol. The number of fused-ring (bicyclic) bond motifs is 1. The molecule has 0 atom stereocenters. The van der Waals surface area contributed by atoms with Crippen molar-refractivity contribution in [3.8, 4) is 0 Å². The first-order valence-corrected chi connectivity index (χ1v) is 9.40. The molecule has 0 saturated heterocycles. The van der Waals surface area contributed by atoms with E-state index in [2.05, 4.69) is 4.98 Å². The standard InChI is InChI=1S/C23H25N3O2/c1-16-19-10-6-7-11-21(19)25-17(2)20(16)14-23(28)26(13-12-22(24)27)15-18-8-4-3-5-9-18/h3-11H,12-15H2,1-2H3,(H2,24,27). The SMILES string of the molecule is Cc1nc2ccccc2c(C)c1CC(=O)N(CCC(N)=O)Cc1ccccc1. The number of amides is 2. The third kappa shape index (κ3) is 4.55. The van der Waals surface area contributed by atoms with E-state index in [-0.39, 0.29) is 18.7 Å². The van der Waals surface area contributed by atoms with Crippen molar-refractivity contribution >= 4 is 22.7 Å². The first kappa shape index (κ1) is 19.5. The summed E-state index contributed by atoms with van der Waals surface area (Å²) in [5.74, 6) is -0.445. The van der Waals surface area contributed by atoms with Crippen LogP contribution < -0.4 is 5.73 Å². The number of nitrogens with two attached hydrogens (primary N) is 1. The van der Waals surface area contributed by atoms with E-state index in [9.17, 15) is 9.59 Å². The highest BCUT2D eigenvalue weighted by Crippen LogP contribution is 2.23. The quantitative estimate of drug-likeness (QED) is 0.688. The number of hydrogen-bond donors (Lipinski definition) is 1. The summed E-state index contributed by atoms with van der Waals surface area (Å²) in [6.07, 6.45) is 0.396. The van der Waals surface area contributed by atoms with Crippen LogP contribution in [0.2, 0.25) is 0 Å². The van der Waals surface area contributed by atoms with Gasteiger partial charge in [0.15, 0.2) is 0 Å². The zero-order chi connectivity index (χ0) is 20.1. The summed E-state index contributed by atoms with van der Waals surface area (Å²) in [6, 6.07) is 17.7. The van der Waals surface area contributed by atoms with Gasteiger partial charge in [-0.05, 0) is 36.6 Å². The molecule has 28 heavy (non-hydrogen) atoms. The van der Waals surface area contributed by atoms with Gasteiger partial charge in [-0.25, -0.2) is 0 Å². The molecule has 0 saturated carbocycles. The Morgan fingerprint density at radius 3 is 2.39 bits per heavy atom. The third-order valence-corrected chi connectivity index (χ3v) is 5.01. The molecular weight excluding hydrogens is 350 g/mol. The van der Waals surface area contributed by atoms with Gasteiger partial charge in [0.25, 0.3) is 0 Å². The molecule has 5 heteroatoms. The number of nitrogens with zero attached hydrogens (tertiary/aromatic N) is 2. The van der Waals surface area contributed by atoms with Crippen LogP contribution in [0.15, 0.2) is 54.6 Å². The molecular formula is C23H25N3O2. The second kappa shape index (κ2) is 8.65. The fourth-order valence-corrected chi connectivity index (χ4v) is 3.43. The van der Waals surface area contributed by atoms with Gasteiger partial charge in [-0.3, -0.25) is 14.6 Å². The van der Waals surface area contributed by atoms with Gasteiger partial charge < -0.3 is 10.6 Å². The molecule has 5 nitrogen and oxygen atoms in total. The molecule has 1 aromatic heterocycles. The molecule has 0 unspecified atom stereocenters. The average Bonchev–Trinajstić information content (AvgIpc) is 2.69. The minimum Gasteiger partial charge on any atom is -0.370 e. The molecule has 144 valence electrons. The number of carbonyl (C=O) groups excluding carboxylic acids is 2. The first-order valence-electron chi connectivity index (χ1n) is 9.40. The van der Waals surface area contributed by atoms with E-state index >= 15 is 0 Å². The summed E-state index contributed by atoms with van der Waals surface area (Å²) in [5, 5.41) is 1.06. The number of benzene rings is 2. The molecule has 0 aliphatic heterocycles. The van der Waals surface area contributed by atoms with Gasteiger partial charge in [0.2, 0.25) is 11.8 Å². The van der Waals surface area contributed by atoms with Crippen molar-refractivity contribution in [2.24, 2.45) is 5.73 Å². The minimum atomic E-state index is -0.411. The highest BCUT2D eigenvalue weighted by atomic mass is 16.2. The predicted octanol–water partition coefficient (Wildman–Crippen LogP) is 3.30. The van der Waals surface area contributed by atoms with Crippen LogP contribution in [0.25, 0.3) is 10.9 Å². The van der Waals surface area contributed by atoms with Crippen LogP contribution in [0.4, 0.5) is 0 Å². The van der Waals surface area contributed by atoms with Gasteiger partial charge in [-0.15, -0.1) is 0 Å². The van der Waals surface area contributed by atoms with Gasteiger partial charge in [0.05, 0.1) is 11.9 Å². The number of para-hydroxylation sites is 1. The summed E-state index contributed by atoms with van der Waals surface area (Å²) in [7, 11) is 0. The van der Waals surface area contributed by atoms with Crippen LogP contribution in [-0.4, -0.2) is 28.2 Å². The van der Waals surface area contributed by atoms with Gasteiger partial charge in [0.1, 0.15) is 0 Å². The van der Waals surface area contributed by atoms with Crippen molar-refractivity contribution in [1.29, 1.82) is 0 Å². The smallest absolute Gasteiger partial charge is 0.227 e. The fraction of sp³-hybridized carbons (Fsp3) is 0.261. The number of carbonyl (C=O) groups is 2. The van der Waals surface area contributed by atoms with E-state index in [1.165, 1.54) is 0 Å². The first-order chi connectivity index (χ1) is 13.5. The van der Waals surface area contributed by atoms with E-state index in [0.29, 0.717) is 13.1 Å². The number of aromatic nitrogens is 1. The third-order valence-electron chi connectivity index (χ3n) is 5.01. The van der Waals surface area contributed by atoms with Gasteiger partial charge >= 0.3 is 0 Å². The number of primary amides is 1. The highest BCUT2D eigenvalue weighted by Gasteiger charge is 2.19. The topological polar surface area (TPSA) is 76.3 Å². The fourth-order valence-electron chi connectivity index (χ4n) is 3.43. The number of rotatable bonds is 7. The van der Waals surface area contributed by atoms with Crippen molar-refractivity contribution in [3.05, 3.63) is 77.0 Å². The molecule has 1 heterocycles. The minimum absolute atomic E-state index is 0.0339. The molecule has 2 amide bonds. The molecule has 2 aromatic carbocycles. The van der Waals surface area contributed by atoms with Crippen molar-refractivity contribution in [3.63, 3.8) is 0 Å². The molecule has 2 N–H and O–H groups in total. The van der Waals surface area contributed by atoms with E-state index in [1.807, 2.05) is 68.4 Å². The molecule has 3 aromatic rings. The largest absolute Gasteiger partial charge is 0.370 e. The van der Waals surface area contributed by atoms with Crippen LogP contribution in [0.1, 0.15) is 28.8 Å². The summed E-state index contributed by atoms with van der Waals surface area (Å²) in [5.41, 5.74) is 10.1. The Labute approximate surface area is 165 Å². The normalized spacial score (nSPS) is 10.8. The Morgan fingerprint density at radius 1 is 1.00 bits per heavy atom. The van der Waals surface area contributed by atoms with Crippen molar-refractivity contribution in [2.45, 2.75) is 33.2 Å². The molecule has 0 aliphatic rings. The van der Waals surface area contributed by atoms with Crippen LogP contribution in [-0.2, 0) is 22.6 Å². The zero-order valence-corrected chi connectivity index (χ0v) is 16.3. The lowest BCUT2D eigenvalue weighted by molar-refractivity contribution is -0.131. The average molecular weight is 375 g/mol. The summed E-state index contributed by atoms with van der Waals surface area (Å²) in [6.45, 7) is 4.73. The van der Waals surface area contributed by atoms with Crippen molar-refractivity contribution in [1.82, 2.24) is 9.88 Å². The predicted molar refractivity (Wildman–Crippen MR) is 111 cm³/mol. The molecule has 3 rings (SSSR count). The zero-order valence-electron chi connectivity index (χ0n) is 16.3. The van der Waals surface area contributed by atoms with E-state index < -0.39 is 5.91 Å². The Balaban J connectivity index is 1.86. The Kier molecular flexibility index (Phi) is 6.04. The summed E-state index contributed by atoms with van der Waals surface area (Å²) < 4.78 is 0. The maximum atomic E-state index is 13.1. The number of aryl methyl sites for hydroxylation is 2.